The van der Waals surface area contributed by atoms with Crippen LogP contribution in [0.4, 0.5) is 0 Å². The smallest absolute Gasteiger partial charge is 0.153 e. The fraction of sp³-hybridized carbons (Fsp3) is 0.800. The van der Waals surface area contributed by atoms with Gasteiger partial charge >= 0.3 is 0 Å². The van der Waals surface area contributed by atoms with E-state index < -0.39 is 0 Å². The van der Waals surface area contributed by atoms with Crippen molar-refractivity contribution >= 4 is 15.9 Å². The van der Waals surface area contributed by atoms with Crippen molar-refractivity contribution in [3.05, 3.63) is 10.3 Å². The van der Waals surface area contributed by atoms with E-state index >= 15 is 0 Å². The summed E-state index contributed by atoms with van der Waals surface area (Å²) in [5, 5.41) is 11.5. The lowest BCUT2D eigenvalue weighted by atomic mass is 10.1. The number of hydrogen-bond acceptors (Lipinski definition) is 4. The first kappa shape index (κ1) is 13.6. The lowest BCUT2D eigenvalue weighted by Gasteiger charge is -2.18. The van der Waals surface area contributed by atoms with Crippen molar-refractivity contribution in [2.75, 3.05) is 20.3 Å². The van der Waals surface area contributed by atoms with E-state index in [0.29, 0.717) is 0 Å². The van der Waals surface area contributed by atoms with Crippen LogP contribution < -0.4 is 5.32 Å². The average Bonchev–Trinajstić information content (AvgIpc) is 2.60. The highest BCUT2D eigenvalue weighted by Crippen LogP contribution is 2.22. The van der Waals surface area contributed by atoms with Crippen molar-refractivity contribution in [3.8, 4) is 0 Å². The molecule has 0 radical (unpaired) electrons. The van der Waals surface area contributed by atoms with E-state index in [9.17, 15) is 0 Å². The first-order valence-corrected chi connectivity index (χ1v) is 6.27. The molecule has 0 fully saturated rings. The lowest BCUT2D eigenvalue weighted by Crippen LogP contribution is -2.25. The summed E-state index contributed by atoms with van der Waals surface area (Å²) in [5.41, 5.74) is 1.07. The molecular formula is C10H19BrN4O. The van der Waals surface area contributed by atoms with Crippen LogP contribution in [0, 0.1) is 0 Å². The normalized spacial score (nSPS) is 13.0. The second-order valence-electron chi connectivity index (χ2n) is 3.68. The molecule has 0 aliphatic carbocycles. The highest BCUT2D eigenvalue weighted by molar-refractivity contribution is 9.10. The average molecular weight is 291 g/mol. The van der Waals surface area contributed by atoms with Gasteiger partial charge in [0, 0.05) is 20.8 Å². The molecule has 0 aromatic carbocycles. The quantitative estimate of drug-likeness (QED) is 0.830. The van der Waals surface area contributed by atoms with Crippen molar-refractivity contribution in [2.24, 2.45) is 7.05 Å². The minimum Gasteiger partial charge on any atom is -0.385 e. The van der Waals surface area contributed by atoms with Crippen molar-refractivity contribution in [1.29, 1.82) is 0 Å². The maximum atomic E-state index is 5.12. The molecule has 0 saturated carbocycles. The van der Waals surface area contributed by atoms with Crippen molar-refractivity contribution < 1.29 is 4.74 Å². The molecule has 92 valence electrons. The number of nitrogens with zero attached hydrogens (tertiary/aromatic N) is 3. The summed E-state index contributed by atoms with van der Waals surface area (Å²) in [6, 6.07) is 0.231. The van der Waals surface area contributed by atoms with Crippen molar-refractivity contribution in [2.45, 2.75) is 25.8 Å². The summed E-state index contributed by atoms with van der Waals surface area (Å²) >= 11 is 3.43. The Kier molecular flexibility index (Phi) is 5.94. The predicted molar refractivity (Wildman–Crippen MR) is 66.2 cm³/mol. The standard InChI is InChI=1S/C10H19BrN4O/c1-4-6-12-8(5-7-16-3)9-10(11)13-14-15(9)2/h8,12H,4-7H2,1-3H3. The molecule has 1 unspecified atom stereocenters. The van der Waals surface area contributed by atoms with Gasteiger partial charge in [-0.15, -0.1) is 5.10 Å². The molecule has 16 heavy (non-hydrogen) atoms. The highest BCUT2D eigenvalue weighted by atomic mass is 79.9. The van der Waals surface area contributed by atoms with Gasteiger partial charge in [-0.2, -0.15) is 0 Å². The summed E-state index contributed by atoms with van der Waals surface area (Å²) in [6.07, 6.45) is 2.02. The van der Waals surface area contributed by atoms with E-state index in [-0.39, 0.29) is 6.04 Å². The second kappa shape index (κ2) is 6.98. The topological polar surface area (TPSA) is 52.0 Å². The van der Waals surface area contributed by atoms with Crippen LogP contribution in [-0.4, -0.2) is 35.3 Å². The van der Waals surface area contributed by atoms with E-state index in [1.54, 1.807) is 11.8 Å². The molecular weight excluding hydrogens is 272 g/mol. The van der Waals surface area contributed by atoms with Crippen LogP contribution in [0.2, 0.25) is 0 Å². The molecule has 1 N–H and O–H groups in total. The Morgan fingerprint density at radius 1 is 1.56 bits per heavy atom. The third-order valence-corrected chi connectivity index (χ3v) is 2.97. The van der Waals surface area contributed by atoms with Gasteiger partial charge in [-0.05, 0) is 35.3 Å². The van der Waals surface area contributed by atoms with Gasteiger partial charge in [-0.1, -0.05) is 12.1 Å². The molecule has 5 nitrogen and oxygen atoms in total. The molecule has 0 aliphatic rings. The summed E-state index contributed by atoms with van der Waals surface area (Å²) in [7, 11) is 3.62. The fourth-order valence-electron chi connectivity index (χ4n) is 1.60. The molecule has 0 aliphatic heterocycles. The van der Waals surface area contributed by atoms with Crippen LogP contribution >= 0.6 is 15.9 Å². The Balaban J connectivity index is 2.74. The number of ether oxygens (including phenoxy) is 1. The highest BCUT2D eigenvalue weighted by Gasteiger charge is 2.19. The molecule has 1 atom stereocenters. The molecule has 0 saturated heterocycles. The summed E-state index contributed by atoms with van der Waals surface area (Å²) < 4.78 is 7.73. The molecule has 1 aromatic heterocycles. The molecule has 0 spiro atoms. The van der Waals surface area contributed by atoms with E-state index in [1.165, 1.54) is 0 Å². The van der Waals surface area contributed by atoms with Gasteiger partial charge in [-0.25, -0.2) is 4.68 Å². The zero-order valence-corrected chi connectivity index (χ0v) is 11.6. The lowest BCUT2D eigenvalue weighted by molar-refractivity contribution is 0.181. The van der Waals surface area contributed by atoms with Crippen molar-refractivity contribution in [1.82, 2.24) is 20.3 Å². The second-order valence-corrected chi connectivity index (χ2v) is 4.43. The summed E-state index contributed by atoms with van der Waals surface area (Å²) in [6.45, 7) is 3.85. The number of aromatic nitrogens is 3. The Morgan fingerprint density at radius 2 is 2.31 bits per heavy atom. The zero-order chi connectivity index (χ0) is 12.0. The minimum atomic E-state index is 0.231. The Labute approximate surface area is 105 Å². The number of rotatable bonds is 7. The van der Waals surface area contributed by atoms with Crippen LogP contribution in [0.15, 0.2) is 4.60 Å². The third kappa shape index (κ3) is 3.54. The molecule has 1 rings (SSSR count). The van der Waals surface area contributed by atoms with Gasteiger partial charge in [0.25, 0.3) is 0 Å². The largest absolute Gasteiger partial charge is 0.385 e. The van der Waals surface area contributed by atoms with Gasteiger partial charge in [0.15, 0.2) is 4.60 Å². The number of methoxy groups -OCH3 is 1. The number of aryl methyl sites for hydroxylation is 1. The predicted octanol–water partition coefficient (Wildman–Crippen LogP) is 1.65. The summed E-state index contributed by atoms with van der Waals surface area (Å²) in [4.78, 5) is 0. The van der Waals surface area contributed by atoms with Crippen molar-refractivity contribution in [3.63, 3.8) is 0 Å². The van der Waals surface area contributed by atoms with Crippen LogP contribution in [0.25, 0.3) is 0 Å². The van der Waals surface area contributed by atoms with E-state index in [0.717, 1.165) is 36.3 Å². The van der Waals surface area contributed by atoms with E-state index in [1.807, 2.05) is 7.05 Å². The molecule has 0 amide bonds. The molecule has 1 heterocycles. The number of nitrogens with one attached hydrogen (secondary N) is 1. The van der Waals surface area contributed by atoms with Gasteiger partial charge in [-0.3, -0.25) is 0 Å². The van der Waals surface area contributed by atoms with E-state index in [4.69, 9.17) is 4.74 Å². The fourth-order valence-corrected chi connectivity index (χ4v) is 2.20. The van der Waals surface area contributed by atoms with Gasteiger partial charge in [0.1, 0.15) is 0 Å². The first-order chi connectivity index (χ1) is 7.70. The first-order valence-electron chi connectivity index (χ1n) is 5.48. The zero-order valence-electron chi connectivity index (χ0n) is 10.0. The van der Waals surface area contributed by atoms with Crippen LogP contribution in [0.3, 0.4) is 0 Å². The molecule has 1 aromatic rings. The Morgan fingerprint density at radius 3 is 2.81 bits per heavy atom. The van der Waals surface area contributed by atoms with Crippen LogP contribution in [-0.2, 0) is 11.8 Å². The summed E-state index contributed by atoms with van der Waals surface area (Å²) in [5.74, 6) is 0. The molecule has 6 heteroatoms. The molecule has 0 bridgehead atoms. The Hall–Kier alpha value is -0.460. The van der Waals surface area contributed by atoms with Crippen LogP contribution in [0.5, 0.6) is 0 Å². The number of hydrogen-bond donors (Lipinski definition) is 1. The minimum absolute atomic E-state index is 0.231. The van der Waals surface area contributed by atoms with Gasteiger partial charge in [0.05, 0.1) is 11.7 Å². The maximum absolute atomic E-state index is 5.12. The number of halogens is 1. The maximum Gasteiger partial charge on any atom is 0.153 e. The third-order valence-electron chi connectivity index (χ3n) is 2.41. The SMILES string of the molecule is CCCNC(CCOC)c1c(Br)nnn1C. The van der Waals surface area contributed by atoms with Gasteiger partial charge < -0.3 is 10.1 Å². The van der Waals surface area contributed by atoms with Gasteiger partial charge in [0.2, 0.25) is 0 Å². The van der Waals surface area contributed by atoms with E-state index in [2.05, 4.69) is 38.5 Å². The Bertz CT molecular complexity index is 288. The van der Waals surface area contributed by atoms with Crippen LogP contribution in [0.1, 0.15) is 31.5 Å². The monoisotopic (exact) mass is 290 g/mol.